The molecule has 0 aliphatic heterocycles. The number of rotatable bonds is 7. The Morgan fingerprint density at radius 1 is 1.08 bits per heavy atom. The van der Waals surface area contributed by atoms with Crippen LogP contribution in [0.2, 0.25) is 0 Å². The summed E-state index contributed by atoms with van der Waals surface area (Å²) < 4.78 is 28.8. The maximum Gasteiger partial charge on any atom is 0.264 e. The van der Waals surface area contributed by atoms with Gasteiger partial charge in [-0.25, -0.2) is 0 Å². The standard InChI is InChI=1S/C7H13O4S/c8-6-4-2-1-3-5-7-12(9,10)11/h1-5,7H2,(H,9,10,11). The summed E-state index contributed by atoms with van der Waals surface area (Å²) in [4.78, 5) is 9.74. The molecule has 0 fully saturated rings. The Morgan fingerprint density at radius 3 is 2.17 bits per heavy atom. The lowest BCUT2D eigenvalue weighted by Gasteiger charge is -1.96. The van der Waals surface area contributed by atoms with Gasteiger partial charge in [0, 0.05) is 6.42 Å². The fourth-order valence-electron chi connectivity index (χ4n) is 0.835. The Labute approximate surface area is 72.7 Å². The monoisotopic (exact) mass is 193 g/mol. The number of unbranched alkanes of at least 4 members (excludes halogenated alkanes) is 4. The van der Waals surface area contributed by atoms with E-state index in [0.717, 1.165) is 19.3 Å². The molecule has 0 rings (SSSR count). The molecule has 0 atom stereocenters. The molecule has 71 valence electrons. The van der Waals surface area contributed by atoms with Crippen LogP contribution in [0.25, 0.3) is 0 Å². The summed E-state index contributed by atoms with van der Waals surface area (Å²) in [5.41, 5.74) is 0. The SMILES string of the molecule is O=[C]CCCCCCS(=O)(=O)O. The summed E-state index contributed by atoms with van der Waals surface area (Å²) >= 11 is 0. The van der Waals surface area contributed by atoms with E-state index >= 15 is 0 Å². The van der Waals surface area contributed by atoms with Gasteiger partial charge in [0.15, 0.2) is 6.29 Å². The molecule has 0 aliphatic carbocycles. The van der Waals surface area contributed by atoms with Gasteiger partial charge in [0.1, 0.15) is 0 Å². The van der Waals surface area contributed by atoms with Gasteiger partial charge in [-0.1, -0.05) is 12.8 Å². The number of carbonyl (C=O) groups excluding carboxylic acids is 1. The van der Waals surface area contributed by atoms with Crippen LogP contribution in [0.1, 0.15) is 32.1 Å². The topological polar surface area (TPSA) is 71.4 Å². The molecule has 0 saturated heterocycles. The molecule has 5 heteroatoms. The highest BCUT2D eigenvalue weighted by molar-refractivity contribution is 7.85. The van der Waals surface area contributed by atoms with Crippen molar-refractivity contribution in [1.82, 2.24) is 0 Å². The highest BCUT2D eigenvalue weighted by atomic mass is 32.2. The summed E-state index contributed by atoms with van der Waals surface area (Å²) in [5.74, 6) is -0.183. The third-order valence-corrected chi connectivity index (χ3v) is 2.24. The Bertz CT molecular complexity index is 207. The largest absolute Gasteiger partial charge is 0.291 e. The average molecular weight is 193 g/mol. The molecule has 1 radical (unpaired) electrons. The minimum Gasteiger partial charge on any atom is -0.291 e. The highest BCUT2D eigenvalue weighted by Crippen LogP contribution is 2.02. The molecule has 12 heavy (non-hydrogen) atoms. The summed E-state index contributed by atoms with van der Waals surface area (Å²) in [6.45, 7) is 0. The second kappa shape index (κ2) is 6.14. The lowest BCUT2D eigenvalue weighted by molar-refractivity contribution is 0.479. The Morgan fingerprint density at radius 2 is 1.67 bits per heavy atom. The van der Waals surface area contributed by atoms with Gasteiger partial charge in [0.25, 0.3) is 10.1 Å². The molecule has 0 aromatic heterocycles. The summed E-state index contributed by atoms with van der Waals surface area (Å²) in [6, 6.07) is 0. The quantitative estimate of drug-likeness (QED) is 0.482. The van der Waals surface area contributed by atoms with Crippen LogP contribution in [0, 0.1) is 0 Å². The van der Waals surface area contributed by atoms with E-state index in [-0.39, 0.29) is 5.75 Å². The van der Waals surface area contributed by atoms with Gasteiger partial charge < -0.3 is 0 Å². The smallest absolute Gasteiger partial charge is 0.264 e. The van der Waals surface area contributed by atoms with Crippen LogP contribution in [0.3, 0.4) is 0 Å². The van der Waals surface area contributed by atoms with E-state index in [0.29, 0.717) is 12.8 Å². The Hall–Kier alpha value is -0.420. The second-order valence-electron chi connectivity index (χ2n) is 2.59. The van der Waals surface area contributed by atoms with Crippen molar-refractivity contribution in [3.63, 3.8) is 0 Å². The molecule has 1 N–H and O–H groups in total. The van der Waals surface area contributed by atoms with E-state index < -0.39 is 10.1 Å². The first kappa shape index (κ1) is 11.6. The van der Waals surface area contributed by atoms with E-state index in [1.54, 1.807) is 6.29 Å². The van der Waals surface area contributed by atoms with Crippen LogP contribution in [-0.2, 0) is 14.9 Å². The van der Waals surface area contributed by atoms with Crippen LogP contribution in [0.15, 0.2) is 0 Å². The van der Waals surface area contributed by atoms with Crippen molar-refractivity contribution in [2.45, 2.75) is 32.1 Å². The second-order valence-corrected chi connectivity index (χ2v) is 4.17. The maximum atomic E-state index is 10.2. The van der Waals surface area contributed by atoms with Gasteiger partial charge in [-0.05, 0) is 12.8 Å². The molecule has 0 aromatic rings. The first-order valence-electron chi connectivity index (χ1n) is 3.86. The first-order valence-corrected chi connectivity index (χ1v) is 5.47. The van der Waals surface area contributed by atoms with Crippen molar-refractivity contribution in [2.75, 3.05) is 5.75 Å². The van der Waals surface area contributed by atoms with Crippen molar-refractivity contribution in [3.05, 3.63) is 0 Å². The first-order chi connectivity index (χ1) is 5.56. The lowest BCUT2D eigenvalue weighted by atomic mass is 10.2. The fourth-order valence-corrected chi connectivity index (χ4v) is 1.40. The Balaban J connectivity index is 3.17. The third kappa shape index (κ3) is 9.58. The summed E-state index contributed by atoms with van der Waals surface area (Å²) in [5, 5.41) is 0. The van der Waals surface area contributed by atoms with E-state index in [9.17, 15) is 13.2 Å². The van der Waals surface area contributed by atoms with E-state index in [1.165, 1.54) is 0 Å². The van der Waals surface area contributed by atoms with Crippen LogP contribution in [-0.4, -0.2) is 25.0 Å². The molecule has 0 unspecified atom stereocenters. The maximum absolute atomic E-state index is 10.2. The van der Waals surface area contributed by atoms with Crippen LogP contribution < -0.4 is 0 Å². The molecule has 0 aliphatic rings. The molecule has 0 spiro atoms. The van der Waals surface area contributed by atoms with Gasteiger partial charge >= 0.3 is 0 Å². The summed E-state index contributed by atoms with van der Waals surface area (Å²) in [6.07, 6.45) is 4.90. The van der Waals surface area contributed by atoms with Gasteiger partial charge in [-0.15, -0.1) is 0 Å². The van der Waals surface area contributed by atoms with E-state index in [4.69, 9.17) is 4.55 Å². The fraction of sp³-hybridized carbons (Fsp3) is 0.857. The van der Waals surface area contributed by atoms with Crippen molar-refractivity contribution >= 4 is 16.4 Å². The predicted molar refractivity (Wildman–Crippen MR) is 45.2 cm³/mol. The number of hydrogen-bond acceptors (Lipinski definition) is 3. The molecule has 4 nitrogen and oxygen atoms in total. The zero-order valence-electron chi connectivity index (χ0n) is 6.82. The van der Waals surface area contributed by atoms with Gasteiger partial charge in [0.05, 0.1) is 5.75 Å². The molecule has 0 amide bonds. The molecule has 0 saturated carbocycles. The van der Waals surface area contributed by atoms with E-state index in [2.05, 4.69) is 0 Å². The van der Waals surface area contributed by atoms with Gasteiger partial charge in [-0.2, -0.15) is 8.42 Å². The minimum absolute atomic E-state index is 0.183. The lowest BCUT2D eigenvalue weighted by Crippen LogP contribution is -2.03. The highest BCUT2D eigenvalue weighted by Gasteiger charge is 2.02. The van der Waals surface area contributed by atoms with Crippen molar-refractivity contribution in [3.8, 4) is 0 Å². The van der Waals surface area contributed by atoms with E-state index in [1.807, 2.05) is 0 Å². The average Bonchev–Trinajstić information content (AvgIpc) is 1.94. The third-order valence-electron chi connectivity index (χ3n) is 1.43. The zero-order chi connectivity index (χ0) is 9.45. The normalized spacial score (nSPS) is 11.4. The van der Waals surface area contributed by atoms with Crippen molar-refractivity contribution < 1.29 is 17.8 Å². The summed E-state index contributed by atoms with van der Waals surface area (Å²) in [7, 11) is -3.79. The molecular weight excluding hydrogens is 180 g/mol. The molecule has 0 bridgehead atoms. The van der Waals surface area contributed by atoms with Crippen molar-refractivity contribution in [2.24, 2.45) is 0 Å². The van der Waals surface area contributed by atoms with Crippen molar-refractivity contribution in [1.29, 1.82) is 0 Å². The molecule has 0 aromatic carbocycles. The molecular formula is C7H13O4S. The predicted octanol–water partition coefficient (Wildman–Crippen LogP) is 0.934. The van der Waals surface area contributed by atoms with Gasteiger partial charge in [0.2, 0.25) is 0 Å². The van der Waals surface area contributed by atoms with Crippen LogP contribution in [0.5, 0.6) is 0 Å². The Kier molecular flexibility index (Phi) is 5.92. The number of hydrogen-bond donors (Lipinski definition) is 1. The molecule has 0 heterocycles. The minimum atomic E-state index is -3.79. The van der Waals surface area contributed by atoms with Gasteiger partial charge in [-0.3, -0.25) is 9.35 Å². The van der Waals surface area contributed by atoms with Crippen LogP contribution >= 0.6 is 0 Å². The van der Waals surface area contributed by atoms with Crippen LogP contribution in [0.4, 0.5) is 0 Å². The zero-order valence-corrected chi connectivity index (χ0v) is 7.64.